The molecule has 1 aromatic rings. The monoisotopic (exact) mass is 430 g/mol. The van der Waals surface area contributed by atoms with Gasteiger partial charge in [0.05, 0.1) is 6.54 Å². The zero-order chi connectivity index (χ0) is 15.9. The Balaban J connectivity index is 0.00000264. The smallest absolute Gasteiger partial charge is 0.222 e. The molecule has 1 aliphatic heterocycles. The third-order valence-corrected chi connectivity index (χ3v) is 3.66. The lowest BCUT2D eigenvalue weighted by Gasteiger charge is -2.15. The Bertz CT molecular complexity index is 545. The lowest BCUT2D eigenvalue weighted by molar-refractivity contribution is -0.128. The molecule has 0 aromatic heterocycles. The lowest BCUT2D eigenvalue weighted by Crippen LogP contribution is -2.34. The predicted molar refractivity (Wildman–Crippen MR) is 105 cm³/mol. The summed E-state index contributed by atoms with van der Waals surface area (Å²) in [6.45, 7) is 7.20. The van der Waals surface area contributed by atoms with Crippen molar-refractivity contribution in [2.24, 2.45) is 16.6 Å². The van der Waals surface area contributed by atoms with Crippen LogP contribution in [0, 0.1) is 5.92 Å². The van der Waals surface area contributed by atoms with Crippen LogP contribution in [-0.2, 0) is 17.9 Å². The van der Waals surface area contributed by atoms with Gasteiger partial charge in [-0.3, -0.25) is 4.79 Å². The highest BCUT2D eigenvalue weighted by atomic mass is 127. The second kappa shape index (κ2) is 9.75. The topological polar surface area (TPSA) is 70.7 Å². The number of likely N-dealkylation sites (tertiary alicyclic amines) is 1. The van der Waals surface area contributed by atoms with Gasteiger partial charge in [-0.25, -0.2) is 4.99 Å². The summed E-state index contributed by atoms with van der Waals surface area (Å²) in [6, 6.07) is 8.21. The van der Waals surface area contributed by atoms with Crippen LogP contribution in [0.25, 0.3) is 0 Å². The van der Waals surface area contributed by atoms with E-state index in [1.807, 2.05) is 17.0 Å². The summed E-state index contributed by atoms with van der Waals surface area (Å²) in [4.78, 5) is 18.0. The minimum absolute atomic E-state index is 0. The number of nitrogens with zero attached hydrogens (tertiary/aromatic N) is 2. The molecule has 0 unspecified atom stereocenters. The van der Waals surface area contributed by atoms with Crippen LogP contribution in [0.4, 0.5) is 0 Å². The fourth-order valence-corrected chi connectivity index (χ4v) is 2.46. The van der Waals surface area contributed by atoms with E-state index in [2.05, 4.69) is 36.3 Å². The first kappa shape index (κ1) is 19.7. The van der Waals surface area contributed by atoms with Crippen LogP contribution in [0.2, 0.25) is 0 Å². The molecule has 1 aromatic carbocycles. The quantitative estimate of drug-likeness (QED) is 0.414. The number of carbonyl (C=O) groups excluding carboxylic acids is 1. The van der Waals surface area contributed by atoms with Gasteiger partial charge >= 0.3 is 0 Å². The van der Waals surface area contributed by atoms with Gasteiger partial charge in [0.1, 0.15) is 0 Å². The Morgan fingerprint density at radius 3 is 2.78 bits per heavy atom. The minimum atomic E-state index is 0. The fourth-order valence-electron chi connectivity index (χ4n) is 2.46. The van der Waals surface area contributed by atoms with Crippen molar-refractivity contribution < 1.29 is 4.79 Å². The van der Waals surface area contributed by atoms with Crippen molar-refractivity contribution in [3.8, 4) is 0 Å². The Hall–Kier alpha value is -1.31. The summed E-state index contributed by atoms with van der Waals surface area (Å²) in [7, 11) is 0. The van der Waals surface area contributed by atoms with Crippen molar-refractivity contribution in [1.29, 1.82) is 0 Å². The zero-order valence-electron chi connectivity index (χ0n) is 13.9. The summed E-state index contributed by atoms with van der Waals surface area (Å²) in [5.74, 6) is 1.27. The molecule has 128 valence electrons. The largest absolute Gasteiger partial charge is 0.370 e. The summed E-state index contributed by atoms with van der Waals surface area (Å²) >= 11 is 0. The Kier molecular flexibility index (Phi) is 8.36. The molecule has 0 atom stereocenters. The van der Waals surface area contributed by atoms with Gasteiger partial charge in [-0.2, -0.15) is 0 Å². The van der Waals surface area contributed by atoms with Crippen molar-refractivity contribution in [2.75, 3.05) is 13.1 Å². The molecular formula is C17H27IN4O. The highest BCUT2D eigenvalue weighted by Crippen LogP contribution is 2.15. The predicted octanol–water partition coefficient (Wildman–Crippen LogP) is 2.49. The standard InChI is InChI=1S/C17H26N4O.HI/c1-13(2)10-19-17(18)20-11-14-5-3-6-15(9-14)12-21-8-4-7-16(21)22;/h3,5-6,9,13H,4,7-8,10-12H2,1-2H3,(H3,18,19,20);1H. The second-order valence-electron chi connectivity index (χ2n) is 6.22. The maximum atomic E-state index is 11.7. The van der Waals surface area contributed by atoms with Crippen LogP contribution in [-0.4, -0.2) is 29.9 Å². The van der Waals surface area contributed by atoms with E-state index in [0.29, 0.717) is 31.4 Å². The van der Waals surface area contributed by atoms with E-state index < -0.39 is 0 Å². The Morgan fingerprint density at radius 2 is 2.13 bits per heavy atom. The summed E-state index contributed by atoms with van der Waals surface area (Å²) < 4.78 is 0. The van der Waals surface area contributed by atoms with Gasteiger partial charge in [0.25, 0.3) is 0 Å². The summed E-state index contributed by atoms with van der Waals surface area (Å²) in [5, 5.41) is 3.11. The molecule has 0 aliphatic carbocycles. The van der Waals surface area contributed by atoms with Crippen LogP contribution in [0.1, 0.15) is 37.8 Å². The van der Waals surface area contributed by atoms with Gasteiger partial charge in [0, 0.05) is 26.1 Å². The van der Waals surface area contributed by atoms with Gasteiger partial charge in [-0.15, -0.1) is 24.0 Å². The third-order valence-electron chi connectivity index (χ3n) is 3.66. The van der Waals surface area contributed by atoms with Gasteiger partial charge in [-0.1, -0.05) is 38.1 Å². The molecule has 3 N–H and O–H groups in total. The number of hydrogen-bond donors (Lipinski definition) is 2. The molecule has 1 heterocycles. The highest BCUT2D eigenvalue weighted by molar-refractivity contribution is 14.0. The number of rotatable bonds is 6. The number of hydrogen-bond acceptors (Lipinski definition) is 2. The average molecular weight is 430 g/mol. The molecule has 1 amide bonds. The van der Waals surface area contributed by atoms with Crippen molar-refractivity contribution >= 4 is 35.8 Å². The van der Waals surface area contributed by atoms with Crippen molar-refractivity contribution in [2.45, 2.75) is 39.8 Å². The number of nitrogens with one attached hydrogen (secondary N) is 1. The number of amides is 1. The lowest BCUT2D eigenvalue weighted by atomic mass is 10.1. The zero-order valence-corrected chi connectivity index (χ0v) is 16.2. The first-order chi connectivity index (χ1) is 10.5. The molecule has 6 heteroatoms. The van der Waals surface area contributed by atoms with Gasteiger partial charge < -0.3 is 16.0 Å². The minimum Gasteiger partial charge on any atom is -0.370 e. The number of nitrogens with two attached hydrogens (primary N) is 1. The Labute approximate surface area is 155 Å². The van der Waals surface area contributed by atoms with E-state index >= 15 is 0 Å². The van der Waals surface area contributed by atoms with Gasteiger partial charge in [-0.05, 0) is 23.5 Å². The molecular weight excluding hydrogens is 403 g/mol. The van der Waals surface area contributed by atoms with Crippen LogP contribution in [0.15, 0.2) is 29.3 Å². The van der Waals surface area contributed by atoms with Crippen molar-refractivity contribution in [3.63, 3.8) is 0 Å². The van der Waals surface area contributed by atoms with E-state index in [9.17, 15) is 4.79 Å². The molecule has 0 radical (unpaired) electrons. The molecule has 0 spiro atoms. The van der Waals surface area contributed by atoms with E-state index in [1.54, 1.807) is 0 Å². The van der Waals surface area contributed by atoms with Crippen molar-refractivity contribution in [1.82, 2.24) is 10.2 Å². The summed E-state index contributed by atoms with van der Waals surface area (Å²) in [5.41, 5.74) is 8.10. The summed E-state index contributed by atoms with van der Waals surface area (Å²) in [6.07, 6.45) is 1.66. The van der Waals surface area contributed by atoms with Crippen molar-refractivity contribution in [3.05, 3.63) is 35.4 Å². The first-order valence-electron chi connectivity index (χ1n) is 7.94. The van der Waals surface area contributed by atoms with E-state index in [0.717, 1.165) is 30.6 Å². The molecule has 1 saturated heterocycles. The highest BCUT2D eigenvalue weighted by Gasteiger charge is 2.19. The normalized spacial score (nSPS) is 15.0. The third kappa shape index (κ3) is 6.76. The maximum Gasteiger partial charge on any atom is 0.222 e. The van der Waals surface area contributed by atoms with E-state index in [1.165, 1.54) is 0 Å². The molecule has 5 nitrogen and oxygen atoms in total. The van der Waals surface area contributed by atoms with Gasteiger partial charge in [0.15, 0.2) is 5.96 Å². The van der Waals surface area contributed by atoms with Crippen LogP contribution < -0.4 is 11.1 Å². The number of aliphatic imine (C=N–C) groups is 1. The molecule has 23 heavy (non-hydrogen) atoms. The average Bonchev–Trinajstić information content (AvgIpc) is 2.88. The number of halogens is 1. The molecule has 0 saturated carbocycles. The van der Waals surface area contributed by atoms with Crippen LogP contribution in [0.5, 0.6) is 0 Å². The SMILES string of the molecule is CC(C)CNC(N)=NCc1cccc(CN2CCCC2=O)c1.I. The van der Waals surface area contributed by atoms with E-state index in [4.69, 9.17) is 5.73 Å². The number of carbonyl (C=O) groups is 1. The molecule has 0 bridgehead atoms. The number of benzene rings is 1. The van der Waals surface area contributed by atoms with E-state index in [-0.39, 0.29) is 29.9 Å². The van der Waals surface area contributed by atoms with Crippen LogP contribution >= 0.6 is 24.0 Å². The maximum absolute atomic E-state index is 11.7. The molecule has 1 fully saturated rings. The molecule has 1 aliphatic rings. The van der Waals surface area contributed by atoms with Crippen LogP contribution in [0.3, 0.4) is 0 Å². The molecule has 2 rings (SSSR count). The first-order valence-corrected chi connectivity index (χ1v) is 7.94. The second-order valence-corrected chi connectivity index (χ2v) is 6.22. The fraction of sp³-hybridized carbons (Fsp3) is 0.529. The Morgan fingerprint density at radius 1 is 1.39 bits per heavy atom. The number of guanidine groups is 1. The van der Waals surface area contributed by atoms with Gasteiger partial charge in [0.2, 0.25) is 5.91 Å².